The average Bonchev–Trinajstić information content (AvgIpc) is 2.66. The van der Waals surface area contributed by atoms with Gasteiger partial charge in [-0.2, -0.15) is 5.26 Å². The van der Waals surface area contributed by atoms with Crippen molar-refractivity contribution in [1.29, 1.82) is 5.26 Å². The first-order chi connectivity index (χ1) is 13.0. The van der Waals surface area contributed by atoms with Gasteiger partial charge in [0.15, 0.2) is 12.1 Å². The van der Waals surface area contributed by atoms with Gasteiger partial charge in [-0.25, -0.2) is 14.4 Å². The summed E-state index contributed by atoms with van der Waals surface area (Å²) in [6.07, 6.45) is 8.83. The Morgan fingerprint density at radius 1 is 1.33 bits per heavy atom. The molecule has 2 rings (SSSR count). The maximum absolute atomic E-state index is 14.4. The molecule has 0 saturated heterocycles. The number of anilines is 1. The minimum absolute atomic E-state index is 0.0193. The lowest BCUT2D eigenvalue weighted by molar-refractivity contribution is 0.112. The Hall–Kier alpha value is -3.27. The highest BCUT2D eigenvalue weighted by atomic mass is 19.1. The number of nitriles is 1. The van der Waals surface area contributed by atoms with Crippen LogP contribution in [0.15, 0.2) is 24.5 Å². The van der Waals surface area contributed by atoms with Gasteiger partial charge in [-0.1, -0.05) is 19.8 Å². The quantitative estimate of drug-likeness (QED) is 0.565. The van der Waals surface area contributed by atoms with E-state index in [9.17, 15) is 9.18 Å². The number of nitrogens with two attached hydrogens (primary N) is 1. The van der Waals surface area contributed by atoms with Crippen LogP contribution in [0, 0.1) is 17.1 Å². The highest BCUT2D eigenvalue weighted by molar-refractivity contribution is 5.84. The fourth-order valence-corrected chi connectivity index (χ4v) is 2.53. The molecule has 0 amide bonds. The number of hydrogen-bond acceptors (Lipinski definition) is 6. The van der Waals surface area contributed by atoms with E-state index >= 15 is 0 Å². The van der Waals surface area contributed by atoms with Gasteiger partial charge < -0.3 is 10.6 Å². The van der Waals surface area contributed by atoms with E-state index < -0.39 is 5.82 Å². The van der Waals surface area contributed by atoms with Gasteiger partial charge >= 0.3 is 0 Å². The van der Waals surface area contributed by atoms with Gasteiger partial charge in [-0.15, -0.1) is 0 Å². The number of rotatable bonds is 8. The van der Waals surface area contributed by atoms with Crippen molar-refractivity contribution in [2.75, 3.05) is 19.3 Å². The lowest BCUT2D eigenvalue weighted by Gasteiger charge is -2.14. The van der Waals surface area contributed by atoms with Crippen molar-refractivity contribution < 1.29 is 9.18 Å². The van der Waals surface area contributed by atoms with Gasteiger partial charge in [0.05, 0.1) is 11.8 Å². The highest BCUT2D eigenvalue weighted by Gasteiger charge is 2.14. The molecule has 0 atom stereocenters. The zero-order valence-electron chi connectivity index (χ0n) is 15.4. The van der Waals surface area contributed by atoms with Gasteiger partial charge in [0, 0.05) is 19.2 Å². The third kappa shape index (κ3) is 5.11. The monoisotopic (exact) mass is 367 g/mol. The molecule has 0 fully saturated rings. The van der Waals surface area contributed by atoms with E-state index in [0.29, 0.717) is 11.8 Å². The molecule has 1 heterocycles. The third-order valence-corrected chi connectivity index (χ3v) is 4.10. The Morgan fingerprint density at radius 2 is 2.11 bits per heavy atom. The molecule has 0 aliphatic rings. The summed E-state index contributed by atoms with van der Waals surface area (Å²) in [6.45, 7) is 3.04. The second-order valence-corrected chi connectivity index (χ2v) is 6.19. The molecule has 0 bridgehead atoms. The Labute approximate surface area is 158 Å². The number of hydrogen-bond donors (Lipinski definition) is 1. The first-order valence-corrected chi connectivity index (χ1v) is 8.70. The molecule has 0 spiro atoms. The van der Waals surface area contributed by atoms with Crippen LogP contribution < -0.4 is 5.73 Å². The summed E-state index contributed by atoms with van der Waals surface area (Å²) in [7, 11) is 1.95. The molecule has 2 N–H and O–H groups in total. The second-order valence-electron chi connectivity index (χ2n) is 6.19. The van der Waals surface area contributed by atoms with Crippen LogP contribution in [0.25, 0.3) is 17.5 Å². The molecule has 0 aliphatic heterocycles. The van der Waals surface area contributed by atoms with Crippen molar-refractivity contribution >= 4 is 18.2 Å². The van der Waals surface area contributed by atoms with Crippen LogP contribution >= 0.6 is 0 Å². The molecule has 6 nitrogen and oxygen atoms in total. The van der Waals surface area contributed by atoms with Crippen LogP contribution in [0.5, 0.6) is 0 Å². The van der Waals surface area contributed by atoms with Gasteiger partial charge in [0.2, 0.25) is 0 Å². The molecular formula is C20H22FN5O. The minimum Gasteiger partial charge on any atom is -0.382 e. The summed E-state index contributed by atoms with van der Waals surface area (Å²) in [5.41, 5.74) is 6.72. The number of halogens is 1. The van der Waals surface area contributed by atoms with E-state index in [1.54, 1.807) is 6.08 Å². The van der Waals surface area contributed by atoms with Crippen LogP contribution in [0.3, 0.4) is 0 Å². The summed E-state index contributed by atoms with van der Waals surface area (Å²) >= 11 is 0. The number of aldehydes is 1. The van der Waals surface area contributed by atoms with E-state index in [2.05, 4.69) is 16.9 Å². The van der Waals surface area contributed by atoms with Crippen LogP contribution in [0.4, 0.5) is 10.2 Å². The number of nitrogens with zero attached hydrogens (tertiary/aromatic N) is 4. The SMILES string of the molecule is CCCCCN(C)/C=C\c1cc(-c2ncc(C#N)c(N)n2)c(F)cc1C=O. The van der Waals surface area contributed by atoms with Crippen molar-refractivity contribution in [3.05, 3.63) is 47.0 Å². The maximum atomic E-state index is 14.4. The summed E-state index contributed by atoms with van der Waals surface area (Å²) in [5, 5.41) is 8.91. The first-order valence-electron chi connectivity index (χ1n) is 8.70. The van der Waals surface area contributed by atoms with Gasteiger partial charge in [-0.05, 0) is 36.4 Å². The number of nitrogen functional groups attached to an aromatic ring is 1. The van der Waals surface area contributed by atoms with Crippen molar-refractivity contribution in [3.8, 4) is 17.5 Å². The fraction of sp³-hybridized carbons (Fsp3) is 0.300. The van der Waals surface area contributed by atoms with Gasteiger partial charge in [0.1, 0.15) is 23.3 Å². The van der Waals surface area contributed by atoms with E-state index in [1.165, 1.54) is 12.3 Å². The zero-order valence-corrected chi connectivity index (χ0v) is 15.4. The highest BCUT2D eigenvalue weighted by Crippen LogP contribution is 2.25. The van der Waals surface area contributed by atoms with Gasteiger partial charge in [0.25, 0.3) is 0 Å². The van der Waals surface area contributed by atoms with Crippen molar-refractivity contribution in [2.24, 2.45) is 0 Å². The Balaban J connectivity index is 2.36. The molecule has 0 saturated carbocycles. The molecule has 140 valence electrons. The predicted octanol–water partition coefficient (Wildman–Crippen LogP) is 3.64. The minimum atomic E-state index is -0.630. The van der Waals surface area contributed by atoms with Crippen molar-refractivity contribution in [2.45, 2.75) is 26.2 Å². The lowest BCUT2D eigenvalue weighted by Crippen LogP contribution is -2.11. The summed E-state index contributed by atoms with van der Waals surface area (Å²) < 4.78 is 14.4. The first kappa shape index (κ1) is 20.0. The average molecular weight is 367 g/mol. The maximum Gasteiger partial charge on any atom is 0.164 e. The topological polar surface area (TPSA) is 95.9 Å². The van der Waals surface area contributed by atoms with E-state index in [0.717, 1.165) is 31.9 Å². The van der Waals surface area contributed by atoms with Crippen LogP contribution in [-0.4, -0.2) is 34.7 Å². The van der Waals surface area contributed by atoms with Crippen LogP contribution in [0.2, 0.25) is 0 Å². The van der Waals surface area contributed by atoms with E-state index in [-0.39, 0.29) is 28.3 Å². The Kier molecular flexibility index (Phi) is 7.00. The Bertz CT molecular complexity index is 889. The van der Waals surface area contributed by atoms with Crippen LogP contribution in [-0.2, 0) is 0 Å². The number of carbonyl (C=O) groups excluding carboxylic acids is 1. The van der Waals surface area contributed by atoms with Crippen molar-refractivity contribution in [1.82, 2.24) is 14.9 Å². The lowest BCUT2D eigenvalue weighted by atomic mass is 10.0. The molecule has 0 radical (unpaired) electrons. The molecule has 0 aliphatic carbocycles. The molecule has 7 heteroatoms. The number of aromatic nitrogens is 2. The normalized spacial score (nSPS) is 10.7. The second kappa shape index (κ2) is 9.43. The largest absolute Gasteiger partial charge is 0.382 e. The smallest absolute Gasteiger partial charge is 0.164 e. The standard InChI is InChI=1S/C20H22FN5O/c1-3-4-5-7-26(2)8-6-14-9-17(18(21)10-15(14)13-27)20-24-12-16(11-22)19(23)25-20/h6,8-10,12-13H,3-5,7H2,1-2H3,(H2,23,24,25)/b8-6-. The molecule has 1 aromatic carbocycles. The van der Waals surface area contributed by atoms with Gasteiger partial charge in [-0.3, -0.25) is 4.79 Å². The summed E-state index contributed by atoms with van der Waals surface area (Å²) in [5.74, 6) is -0.587. The molecule has 0 unspecified atom stereocenters. The summed E-state index contributed by atoms with van der Waals surface area (Å²) in [6, 6.07) is 4.52. The number of unbranched alkanes of at least 4 members (excludes halogenated alkanes) is 2. The van der Waals surface area contributed by atoms with Crippen molar-refractivity contribution in [3.63, 3.8) is 0 Å². The van der Waals surface area contributed by atoms with E-state index in [4.69, 9.17) is 11.0 Å². The fourth-order valence-electron chi connectivity index (χ4n) is 2.53. The molecule has 1 aromatic heterocycles. The third-order valence-electron chi connectivity index (χ3n) is 4.10. The predicted molar refractivity (Wildman–Crippen MR) is 103 cm³/mol. The summed E-state index contributed by atoms with van der Waals surface area (Å²) in [4.78, 5) is 21.3. The van der Waals surface area contributed by atoms with Crippen LogP contribution in [0.1, 0.15) is 47.7 Å². The molecule has 27 heavy (non-hydrogen) atoms. The van der Waals surface area contributed by atoms with E-state index in [1.807, 2.05) is 24.2 Å². The molecular weight excluding hydrogens is 345 g/mol. The molecule has 2 aromatic rings. The zero-order chi connectivity index (χ0) is 19.8. The Morgan fingerprint density at radius 3 is 2.74 bits per heavy atom. The number of carbonyl (C=O) groups is 1. The number of benzene rings is 1.